The third-order valence-electron chi connectivity index (χ3n) is 2.82. The van der Waals surface area contributed by atoms with Gasteiger partial charge in [0.25, 0.3) is 0 Å². The lowest BCUT2D eigenvalue weighted by Crippen LogP contribution is -2.35. The maximum absolute atomic E-state index is 13.4. The fourth-order valence-electron chi connectivity index (χ4n) is 1.70. The molecule has 0 spiro atoms. The maximum atomic E-state index is 13.4. The molecule has 0 aliphatic heterocycles. The Kier molecular flexibility index (Phi) is 6.04. The van der Waals surface area contributed by atoms with Gasteiger partial charge in [0.2, 0.25) is 5.91 Å². The standard InChI is InChI=1S/C13H17Cl2FN2O/c1-7(6-17-3)13(19)18-8(2)9-4-12(16)11(15)5-10(9)14/h4-5,7-8,17H,6H2,1-3H3,(H,18,19). The molecule has 2 atom stereocenters. The summed E-state index contributed by atoms with van der Waals surface area (Å²) >= 11 is 11.6. The molecule has 106 valence electrons. The van der Waals surface area contributed by atoms with Crippen LogP contribution in [0.3, 0.4) is 0 Å². The van der Waals surface area contributed by atoms with Crippen molar-refractivity contribution in [3.05, 3.63) is 33.6 Å². The van der Waals surface area contributed by atoms with E-state index in [-0.39, 0.29) is 22.9 Å². The summed E-state index contributed by atoms with van der Waals surface area (Å²) < 4.78 is 13.4. The quantitative estimate of drug-likeness (QED) is 0.820. The number of amides is 1. The summed E-state index contributed by atoms with van der Waals surface area (Å²) in [6, 6.07) is 2.21. The number of nitrogens with one attached hydrogen (secondary N) is 2. The fourth-order valence-corrected chi connectivity index (χ4v) is 2.25. The molecule has 0 saturated heterocycles. The van der Waals surface area contributed by atoms with E-state index in [0.29, 0.717) is 17.1 Å². The molecule has 0 bridgehead atoms. The van der Waals surface area contributed by atoms with Crippen molar-refractivity contribution < 1.29 is 9.18 Å². The lowest BCUT2D eigenvalue weighted by molar-refractivity contribution is -0.125. The van der Waals surface area contributed by atoms with Crippen molar-refractivity contribution in [3.8, 4) is 0 Å². The Morgan fingerprint density at radius 2 is 1.95 bits per heavy atom. The smallest absolute Gasteiger partial charge is 0.224 e. The van der Waals surface area contributed by atoms with Crippen LogP contribution in [0.2, 0.25) is 10.0 Å². The van der Waals surface area contributed by atoms with Crippen LogP contribution in [0.4, 0.5) is 4.39 Å². The van der Waals surface area contributed by atoms with Crippen LogP contribution in [0.25, 0.3) is 0 Å². The third kappa shape index (κ3) is 4.34. The molecule has 1 aromatic rings. The Morgan fingerprint density at radius 3 is 2.53 bits per heavy atom. The molecule has 0 saturated carbocycles. The molecule has 2 N–H and O–H groups in total. The third-order valence-corrected chi connectivity index (χ3v) is 3.44. The molecule has 0 aliphatic carbocycles. The first kappa shape index (κ1) is 16.2. The van der Waals surface area contributed by atoms with E-state index >= 15 is 0 Å². The Balaban J connectivity index is 2.81. The highest BCUT2D eigenvalue weighted by Gasteiger charge is 2.18. The highest BCUT2D eigenvalue weighted by Crippen LogP contribution is 2.28. The summed E-state index contributed by atoms with van der Waals surface area (Å²) in [6.07, 6.45) is 0. The topological polar surface area (TPSA) is 41.1 Å². The van der Waals surface area contributed by atoms with E-state index in [1.165, 1.54) is 12.1 Å². The molecule has 1 amide bonds. The van der Waals surface area contributed by atoms with Crippen molar-refractivity contribution in [1.29, 1.82) is 0 Å². The van der Waals surface area contributed by atoms with Gasteiger partial charge in [0.1, 0.15) is 5.82 Å². The molecule has 0 heterocycles. The van der Waals surface area contributed by atoms with Gasteiger partial charge >= 0.3 is 0 Å². The van der Waals surface area contributed by atoms with Crippen LogP contribution in [-0.2, 0) is 4.79 Å². The summed E-state index contributed by atoms with van der Waals surface area (Å²) in [5.41, 5.74) is 0.508. The van der Waals surface area contributed by atoms with E-state index in [1.807, 2.05) is 6.92 Å². The van der Waals surface area contributed by atoms with Gasteiger partial charge in [-0.3, -0.25) is 4.79 Å². The highest BCUT2D eigenvalue weighted by molar-refractivity contribution is 6.35. The van der Waals surface area contributed by atoms with Gasteiger partial charge in [0.15, 0.2) is 0 Å². The summed E-state index contributed by atoms with van der Waals surface area (Å²) in [4.78, 5) is 11.9. The van der Waals surface area contributed by atoms with Gasteiger partial charge in [0, 0.05) is 17.5 Å². The Labute approximate surface area is 122 Å². The summed E-state index contributed by atoms with van der Waals surface area (Å²) in [6.45, 7) is 4.13. The van der Waals surface area contributed by atoms with Gasteiger partial charge in [-0.05, 0) is 31.7 Å². The Bertz CT molecular complexity index is 468. The predicted octanol–water partition coefficient (Wildman–Crippen LogP) is 3.17. The Morgan fingerprint density at radius 1 is 1.32 bits per heavy atom. The normalized spacial score (nSPS) is 14.0. The van der Waals surface area contributed by atoms with Crippen molar-refractivity contribution in [2.45, 2.75) is 19.9 Å². The van der Waals surface area contributed by atoms with Crippen molar-refractivity contribution >= 4 is 29.1 Å². The van der Waals surface area contributed by atoms with E-state index < -0.39 is 5.82 Å². The fraction of sp³-hybridized carbons (Fsp3) is 0.462. The second kappa shape index (κ2) is 7.08. The predicted molar refractivity (Wildman–Crippen MR) is 76.1 cm³/mol. The van der Waals surface area contributed by atoms with Gasteiger partial charge in [-0.1, -0.05) is 30.1 Å². The minimum Gasteiger partial charge on any atom is -0.349 e. The van der Waals surface area contributed by atoms with Crippen LogP contribution in [0.15, 0.2) is 12.1 Å². The molecule has 2 unspecified atom stereocenters. The first-order valence-electron chi connectivity index (χ1n) is 5.96. The van der Waals surface area contributed by atoms with Gasteiger partial charge in [-0.2, -0.15) is 0 Å². The van der Waals surface area contributed by atoms with E-state index in [1.54, 1.807) is 14.0 Å². The molecule has 0 fully saturated rings. The first-order chi connectivity index (χ1) is 8.86. The lowest BCUT2D eigenvalue weighted by Gasteiger charge is -2.19. The summed E-state index contributed by atoms with van der Waals surface area (Å²) in [5, 5.41) is 6.02. The number of carbonyl (C=O) groups is 1. The number of carbonyl (C=O) groups excluding carboxylic acids is 1. The number of benzene rings is 1. The van der Waals surface area contributed by atoms with E-state index in [0.717, 1.165) is 0 Å². The number of hydrogen-bond acceptors (Lipinski definition) is 2. The van der Waals surface area contributed by atoms with Crippen LogP contribution in [0.1, 0.15) is 25.5 Å². The first-order valence-corrected chi connectivity index (χ1v) is 6.71. The second-order valence-electron chi connectivity index (χ2n) is 4.48. The van der Waals surface area contributed by atoms with Gasteiger partial charge in [-0.25, -0.2) is 4.39 Å². The van der Waals surface area contributed by atoms with E-state index in [4.69, 9.17) is 23.2 Å². The summed E-state index contributed by atoms with van der Waals surface area (Å²) in [7, 11) is 1.78. The minimum atomic E-state index is -0.551. The molecular formula is C13H17Cl2FN2O. The molecular weight excluding hydrogens is 290 g/mol. The van der Waals surface area contributed by atoms with Gasteiger partial charge in [-0.15, -0.1) is 0 Å². The molecule has 0 aromatic heterocycles. The van der Waals surface area contributed by atoms with Crippen LogP contribution in [0.5, 0.6) is 0 Å². The summed E-state index contributed by atoms with van der Waals surface area (Å²) in [5.74, 6) is -0.845. The number of rotatable bonds is 5. The largest absolute Gasteiger partial charge is 0.349 e. The van der Waals surface area contributed by atoms with Gasteiger partial charge in [0.05, 0.1) is 11.1 Å². The van der Waals surface area contributed by atoms with E-state index in [2.05, 4.69) is 10.6 Å². The molecule has 19 heavy (non-hydrogen) atoms. The number of halogens is 3. The van der Waals surface area contributed by atoms with Crippen LogP contribution in [0, 0.1) is 11.7 Å². The average molecular weight is 307 g/mol. The zero-order chi connectivity index (χ0) is 14.6. The van der Waals surface area contributed by atoms with E-state index in [9.17, 15) is 9.18 Å². The zero-order valence-corrected chi connectivity index (χ0v) is 12.6. The molecule has 6 heteroatoms. The van der Waals surface area contributed by atoms with Crippen LogP contribution in [-0.4, -0.2) is 19.5 Å². The van der Waals surface area contributed by atoms with Crippen molar-refractivity contribution in [2.24, 2.45) is 5.92 Å². The maximum Gasteiger partial charge on any atom is 0.224 e. The molecule has 0 radical (unpaired) electrons. The SMILES string of the molecule is CNCC(C)C(=O)NC(C)c1cc(F)c(Cl)cc1Cl. The van der Waals surface area contributed by atoms with Gasteiger partial charge < -0.3 is 10.6 Å². The minimum absolute atomic E-state index is 0.0316. The lowest BCUT2D eigenvalue weighted by atomic mass is 10.1. The second-order valence-corrected chi connectivity index (χ2v) is 5.29. The average Bonchev–Trinajstić information content (AvgIpc) is 2.33. The van der Waals surface area contributed by atoms with Crippen molar-refractivity contribution in [1.82, 2.24) is 10.6 Å². The Hall–Kier alpha value is -0.840. The highest BCUT2D eigenvalue weighted by atomic mass is 35.5. The molecule has 0 aliphatic rings. The van der Waals surface area contributed by atoms with Crippen molar-refractivity contribution in [2.75, 3.05) is 13.6 Å². The molecule has 1 rings (SSSR count). The monoisotopic (exact) mass is 306 g/mol. The van der Waals surface area contributed by atoms with Crippen molar-refractivity contribution in [3.63, 3.8) is 0 Å². The zero-order valence-electron chi connectivity index (χ0n) is 11.1. The number of hydrogen-bond donors (Lipinski definition) is 2. The van der Waals surface area contributed by atoms with Crippen LogP contribution < -0.4 is 10.6 Å². The molecule has 1 aromatic carbocycles. The van der Waals surface area contributed by atoms with Crippen LogP contribution >= 0.6 is 23.2 Å². The molecule has 3 nitrogen and oxygen atoms in total.